The first-order valence-corrected chi connectivity index (χ1v) is 7.19. The van der Waals surface area contributed by atoms with Gasteiger partial charge in [0.1, 0.15) is 0 Å². The number of rotatable bonds is 4. The maximum Gasteiger partial charge on any atom is 0.232 e. The third-order valence-corrected chi connectivity index (χ3v) is 3.95. The highest BCUT2D eigenvalue weighted by molar-refractivity contribution is 7.80. The lowest BCUT2D eigenvalue weighted by atomic mass is 9.96. The van der Waals surface area contributed by atoms with Crippen LogP contribution in [0.5, 0.6) is 0 Å². The lowest BCUT2D eigenvalue weighted by Gasteiger charge is -2.31. The van der Waals surface area contributed by atoms with Crippen LogP contribution in [0.15, 0.2) is 24.3 Å². The van der Waals surface area contributed by atoms with Crippen LogP contribution in [-0.4, -0.2) is 22.3 Å². The largest absolute Gasteiger partial charge is 0.393 e. The summed E-state index contributed by atoms with van der Waals surface area (Å²) in [5.74, 6) is -0.214. The molecule has 0 bridgehead atoms. The first-order valence-electron chi connectivity index (χ1n) is 6.78. The predicted molar refractivity (Wildman–Crippen MR) is 80.7 cm³/mol. The van der Waals surface area contributed by atoms with Gasteiger partial charge in [-0.15, -0.1) is 0 Å². The van der Waals surface area contributed by atoms with Crippen molar-refractivity contribution in [3.05, 3.63) is 35.4 Å². The van der Waals surface area contributed by atoms with Gasteiger partial charge in [0.2, 0.25) is 5.91 Å². The van der Waals surface area contributed by atoms with E-state index in [9.17, 15) is 4.79 Å². The first-order chi connectivity index (χ1) is 9.13. The Balaban J connectivity index is 2.11. The SMILES string of the molecule is CCCC(C(=O)N1CCc2ccccc2C1)C(N)=S. The average molecular weight is 276 g/mol. The van der Waals surface area contributed by atoms with Gasteiger partial charge >= 0.3 is 0 Å². The van der Waals surface area contributed by atoms with E-state index in [2.05, 4.69) is 12.1 Å². The number of fused-ring (bicyclic) bond motifs is 1. The van der Waals surface area contributed by atoms with Gasteiger partial charge in [0.15, 0.2) is 0 Å². The molecule has 1 unspecified atom stereocenters. The summed E-state index contributed by atoms with van der Waals surface area (Å²) < 4.78 is 0. The Hall–Kier alpha value is -1.42. The Labute approximate surface area is 119 Å². The Morgan fingerprint density at radius 2 is 2.11 bits per heavy atom. The maximum atomic E-state index is 12.5. The third kappa shape index (κ3) is 3.13. The predicted octanol–water partition coefficient (Wildman–Crippen LogP) is 2.27. The molecule has 1 amide bonds. The second-order valence-corrected chi connectivity index (χ2v) is 5.49. The van der Waals surface area contributed by atoms with Crippen molar-refractivity contribution in [2.24, 2.45) is 11.7 Å². The van der Waals surface area contributed by atoms with E-state index in [0.29, 0.717) is 11.5 Å². The smallest absolute Gasteiger partial charge is 0.232 e. The van der Waals surface area contributed by atoms with Crippen molar-refractivity contribution in [3.8, 4) is 0 Å². The van der Waals surface area contributed by atoms with Crippen LogP contribution >= 0.6 is 12.2 Å². The van der Waals surface area contributed by atoms with Gasteiger partial charge in [0, 0.05) is 13.1 Å². The van der Waals surface area contributed by atoms with Crippen LogP contribution in [0.1, 0.15) is 30.9 Å². The van der Waals surface area contributed by atoms with Crippen LogP contribution in [0.3, 0.4) is 0 Å². The maximum absolute atomic E-state index is 12.5. The van der Waals surface area contributed by atoms with Crippen LogP contribution in [-0.2, 0) is 17.8 Å². The van der Waals surface area contributed by atoms with Crippen molar-refractivity contribution in [2.45, 2.75) is 32.7 Å². The van der Waals surface area contributed by atoms with Gasteiger partial charge in [0.25, 0.3) is 0 Å². The second-order valence-electron chi connectivity index (χ2n) is 5.02. The molecule has 0 radical (unpaired) electrons. The summed E-state index contributed by atoms with van der Waals surface area (Å²) in [5.41, 5.74) is 8.29. The highest BCUT2D eigenvalue weighted by Gasteiger charge is 2.28. The van der Waals surface area contributed by atoms with Crippen molar-refractivity contribution >= 4 is 23.1 Å². The zero-order chi connectivity index (χ0) is 13.8. The highest BCUT2D eigenvalue weighted by Crippen LogP contribution is 2.21. The fraction of sp³-hybridized carbons (Fsp3) is 0.467. The fourth-order valence-electron chi connectivity index (χ4n) is 2.58. The van der Waals surface area contributed by atoms with E-state index in [4.69, 9.17) is 18.0 Å². The van der Waals surface area contributed by atoms with Gasteiger partial charge in [-0.2, -0.15) is 0 Å². The van der Waals surface area contributed by atoms with Crippen molar-refractivity contribution in [1.29, 1.82) is 0 Å². The lowest BCUT2D eigenvalue weighted by Crippen LogP contribution is -2.43. The number of nitrogens with two attached hydrogens (primary N) is 1. The zero-order valence-electron chi connectivity index (χ0n) is 11.3. The quantitative estimate of drug-likeness (QED) is 0.858. The van der Waals surface area contributed by atoms with E-state index in [-0.39, 0.29) is 11.8 Å². The molecule has 3 nitrogen and oxygen atoms in total. The summed E-state index contributed by atoms with van der Waals surface area (Å²) in [4.78, 5) is 14.7. The summed E-state index contributed by atoms with van der Waals surface area (Å²) in [6.45, 7) is 3.49. The topological polar surface area (TPSA) is 46.3 Å². The molecule has 1 aliphatic rings. The minimum atomic E-state index is -0.301. The van der Waals surface area contributed by atoms with Gasteiger partial charge in [-0.05, 0) is 24.0 Å². The van der Waals surface area contributed by atoms with Crippen LogP contribution in [0.4, 0.5) is 0 Å². The molecule has 4 heteroatoms. The summed E-state index contributed by atoms with van der Waals surface area (Å²) in [6.07, 6.45) is 2.57. The Morgan fingerprint density at radius 3 is 2.74 bits per heavy atom. The fourth-order valence-corrected chi connectivity index (χ4v) is 2.80. The molecule has 1 heterocycles. The van der Waals surface area contributed by atoms with Crippen LogP contribution in [0.2, 0.25) is 0 Å². The third-order valence-electron chi connectivity index (χ3n) is 3.66. The Kier molecular flexibility index (Phi) is 4.53. The molecule has 0 fully saturated rings. The summed E-state index contributed by atoms with van der Waals surface area (Å²) in [6, 6.07) is 8.29. The van der Waals surface area contributed by atoms with Crippen molar-refractivity contribution in [1.82, 2.24) is 4.90 Å². The van der Waals surface area contributed by atoms with Gasteiger partial charge < -0.3 is 10.6 Å². The molecule has 0 aliphatic carbocycles. The molecule has 19 heavy (non-hydrogen) atoms. The molecule has 0 aromatic heterocycles. The monoisotopic (exact) mass is 276 g/mol. The van der Waals surface area contributed by atoms with E-state index in [0.717, 1.165) is 25.8 Å². The van der Waals surface area contributed by atoms with E-state index in [1.165, 1.54) is 11.1 Å². The number of hydrogen-bond donors (Lipinski definition) is 1. The van der Waals surface area contributed by atoms with Crippen LogP contribution in [0.25, 0.3) is 0 Å². The Bertz CT molecular complexity index is 487. The average Bonchev–Trinajstić information content (AvgIpc) is 2.43. The second kappa shape index (κ2) is 6.15. The summed E-state index contributed by atoms with van der Waals surface area (Å²) in [7, 11) is 0. The number of hydrogen-bond acceptors (Lipinski definition) is 2. The van der Waals surface area contributed by atoms with Gasteiger partial charge in [-0.1, -0.05) is 49.8 Å². The normalized spacial score (nSPS) is 15.7. The van der Waals surface area contributed by atoms with Crippen molar-refractivity contribution < 1.29 is 4.79 Å². The van der Waals surface area contributed by atoms with Crippen molar-refractivity contribution in [3.63, 3.8) is 0 Å². The molecule has 1 aliphatic heterocycles. The van der Waals surface area contributed by atoms with Gasteiger partial charge in [-0.3, -0.25) is 4.79 Å². The first kappa shape index (κ1) is 14.0. The molecule has 1 aromatic carbocycles. The minimum Gasteiger partial charge on any atom is -0.393 e. The van der Waals surface area contributed by atoms with E-state index < -0.39 is 0 Å². The molecular formula is C15H20N2OS. The molecule has 1 atom stereocenters. The highest BCUT2D eigenvalue weighted by atomic mass is 32.1. The number of carbonyl (C=O) groups excluding carboxylic acids is 1. The number of amides is 1. The molecule has 0 spiro atoms. The van der Waals surface area contributed by atoms with Gasteiger partial charge in [0.05, 0.1) is 10.9 Å². The van der Waals surface area contributed by atoms with Crippen molar-refractivity contribution in [2.75, 3.05) is 6.54 Å². The molecule has 102 valence electrons. The minimum absolute atomic E-state index is 0.0869. The standard InChI is InChI=1S/C15H20N2OS/c1-2-5-13(14(16)19)15(18)17-9-8-11-6-3-4-7-12(11)10-17/h3-4,6-7,13H,2,5,8-10H2,1H3,(H2,16,19). The van der Waals surface area contributed by atoms with E-state index in [1.807, 2.05) is 24.0 Å². The van der Waals surface area contributed by atoms with Gasteiger partial charge in [-0.25, -0.2) is 0 Å². The van der Waals surface area contributed by atoms with E-state index >= 15 is 0 Å². The Morgan fingerprint density at radius 1 is 1.42 bits per heavy atom. The number of nitrogens with zero attached hydrogens (tertiary/aromatic N) is 1. The van der Waals surface area contributed by atoms with Crippen LogP contribution < -0.4 is 5.73 Å². The zero-order valence-corrected chi connectivity index (χ0v) is 12.1. The number of carbonyl (C=O) groups is 1. The molecule has 0 saturated carbocycles. The summed E-state index contributed by atoms with van der Waals surface area (Å²) >= 11 is 5.04. The number of benzene rings is 1. The number of thiocarbonyl (C=S) groups is 1. The summed E-state index contributed by atoms with van der Waals surface area (Å²) in [5, 5.41) is 0. The molecule has 1 aromatic rings. The lowest BCUT2D eigenvalue weighted by molar-refractivity contribution is -0.134. The molecule has 0 saturated heterocycles. The van der Waals surface area contributed by atoms with Crippen LogP contribution in [0, 0.1) is 5.92 Å². The molecular weight excluding hydrogens is 256 g/mol. The molecule has 2 N–H and O–H groups in total. The van der Waals surface area contributed by atoms with E-state index in [1.54, 1.807) is 0 Å². The molecule has 2 rings (SSSR count).